The number of nitrogens with zero attached hydrogens (tertiary/aromatic N) is 3. The zero-order valence-electron chi connectivity index (χ0n) is 10.7. The fourth-order valence-corrected chi connectivity index (χ4v) is 1.85. The third-order valence-electron chi connectivity index (χ3n) is 2.83. The molecule has 3 aromatic rings. The van der Waals surface area contributed by atoms with Crippen LogP contribution in [0.15, 0.2) is 57.4 Å². The number of aryl methyl sites for hydroxylation is 1. The van der Waals surface area contributed by atoms with E-state index in [1.807, 2.05) is 13.0 Å². The van der Waals surface area contributed by atoms with E-state index < -0.39 is 0 Å². The van der Waals surface area contributed by atoms with Gasteiger partial charge in [-0.2, -0.15) is 10.2 Å². The molecule has 1 N–H and O–H groups in total. The summed E-state index contributed by atoms with van der Waals surface area (Å²) in [4.78, 5) is 0. The van der Waals surface area contributed by atoms with Crippen LogP contribution in [-0.4, -0.2) is 10.2 Å². The highest BCUT2D eigenvalue weighted by molar-refractivity contribution is 5.72. The number of halogens is 1. The summed E-state index contributed by atoms with van der Waals surface area (Å²) in [5.41, 5.74) is 2.60. The lowest BCUT2D eigenvalue weighted by atomic mass is 10.2. The maximum atomic E-state index is 13.1. The maximum Gasteiger partial charge on any atom is 0.131 e. The predicted octanol–water partition coefficient (Wildman–Crippen LogP) is 4.53. The minimum atomic E-state index is -0.348. The number of hydrogen-bond donors (Lipinski definition) is 1. The molecule has 0 radical (unpaired) electrons. The van der Waals surface area contributed by atoms with Crippen molar-refractivity contribution in [3.63, 3.8) is 0 Å². The van der Waals surface area contributed by atoms with Crippen molar-refractivity contribution < 1.29 is 8.81 Å². The van der Waals surface area contributed by atoms with E-state index in [-0.39, 0.29) is 5.82 Å². The van der Waals surface area contributed by atoms with Gasteiger partial charge in [-0.25, -0.2) is 4.39 Å². The number of rotatable bonds is 3. The van der Waals surface area contributed by atoms with Gasteiger partial charge in [0.25, 0.3) is 0 Å². The average molecular weight is 270 g/mol. The van der Waals surface area contributed by atoms with Gasteiger partial charge < -0.3 is 4.42 Å². The molecule has 0 aliphatic carbocycles. The Labute approximate surface area is 114 Å². The second kappa shape index (κ2) is 5.08. The molecule has 0 unspecified atom stereocenters. The molecule has 20 heavy (non-hydrogen) atoms. The lowest BCUT2D eigenvalue weighted by molar-refractivity contribution is 0.535. The fourth-order valence-electron chi connectivity index (χ4n) is 1.85. The van der Waals surface area contributed by atoms with E-state index in [0.29, 0.717) is 11.4 Å². The Morgan fingerprint density at radius 2 is 2.15 bits per heavy atom. The Balaban J connectivity index is 1.93. The van der Waals surface area contributed by atoms with Gasteiger partial charge in [0.2, 0.25) is 0 Å². The van der Waals surface area contributed by atoms with Gasteiger partial charge in [0.15, 0.2) is 0 Å². The molecule has 1 aromatic carbocycles. The first kappa shape index (κ1) is 12.3. The lowest BCUT2D eigenvalue weighted by Crippen LogP contribution is -1.78. The van der Waals surface area contributed by atoms with Gasteiger partial charge in [0.05, 0.1) is 23.8 Å². The summed E-state index contributed by atoms with van der Waals surface area (Å²) >= 11 is 0. The molecule has 0 atom stereocenters. The largest absolute Gasteiger partial charge is 0.469 e. The van der Waals surface area contributed by atoms with Crippen molar-refractivity contribution in [3.05, 3.63) is 54.4 Å². The summed E-state index contributed by atoms with van der Waals surface area (Å²) in [7, 11) is 0. The topological polar surface area (TPSA) is 66.5 Å². The van der Waals surface area contributed by atoms with Crippen LogP contribution in [0, 0.1) is 12.7 Å². The summed E-state index contributed by atoms with van der Waals surface area (Å²) < 4.78 is 18.3. The van der Waals surface area contributed by atoms with Crippen LogP contribution in [0.2, 0.25) is 0 Å². The normalized spacial score (nSPS) is 11.3. The second-order valence-corrected chi connectivity index (χ2v) is 4.20. The van der Waals surface area contributed by atoms with Crippen molar-refractivity contribution >= 4 is 11.4 Å². The van der Waals surface area contributed by atoms with E-state index in [9.17, 15) is 4.39 Å². The molecule has 0 aliphatic rings. The van der Waals surface area contributed by atoms with Gasteiger partial charge in [-0.05, 0) is 25.1 Å². The Morgan fingerprint density at radius 3 is 2.90 bits per heavy atom. The number of hydrogen-bond acceptors (Lipinski definition) is 4. The van der Waals surface area contributed by atoms with E-state index in [4.69, 9.17) is 4.42 Å². The third-order valence-corrected chi connectivity index (χ3v) is 2.83. The highest BCUT2D eigenvalue weighted by Crippen LogP contribution is 2.31. The van der Waals surface area contributed by atoms with Crippen LogP contribution in [0.25, 0.3) is 11.3 Å². The van der Waals surface area contributed by atoms with Crippen molar-refractivity contribution in [2.75, 3.05) is 0 Å². The Morgan fingerprint density at radius 1 is 1.25 bits per heavy atom. The van der Waals surface area contributed by atoms with Crippen LogP contribution in [0.5, 0.6) is 0 Å². The van der Waals surface area contributed by atoms with E-state index in [2.05, 4.69) is 20.4 Å². The zero-order chi connectivity index (χ0) is 13.9. The Bertz CT molecular complexity index is 760. The molecule has 0 spiro atoms. The molecule has 3 rings (SSSR count). The molecule has 5 nitrogen and oxygen atoms in total. The molecule has 0 saturated carbocycles. The van der Waals surface area contributed by atoms with E-state index >= 15 is 0 Å². The number of aromatic amines is 1. The van der Waals surface area contributed by atoms with Gasteiger partial charge in [0.1, 0.15) is 17.3 Å². The van der Waals surface area contributed by atoms with Crippen molar-refractivity contribution in [3.8, 4) is 11.3 Å². The molecule has 6 heteroatoms. The number of H-pyrrole nitrogens is 1. The van der Waals surface area contributed by atoms with Crippen molar-refractivity contribution in [2.45, 2.75) is 6.92 Å². The fraction of sp³-hybridized carbons (Fsp3) is 0.0714. The van der Waals surface area contributed by atoms with Gasteiger partial charge in [0, 0.05) is 11.6 Å². The molecule has 2 heterocycles. The minimum Gasteiger partial charge on any atom is -0.469 e. The number of furan rings is 1. The van der Waals surface area contributed by atoms with E-state index in [0.717, 1.165) is 17.0 Å². The highest BCUT2D eigenvalue weighted by Gasteiger charge is 2.11. The standard InChI is InChI=1S/C14H11FN4O/c1-9-12(5-6-20-9)14-13(8-16-19-14)18-17-11-4-2-3-10(15)7-11/h2-8H,1H3,(H,16,19). The second-order valence-electron chi connectivity index (χ2n) is 4.20. The van der Waals surface area contributed by atoms with E-state index in [1.165, 1.54) is 12.1 Å². The first-order valence-electron chi connectivity index (χ1n) is 5.99. The van der Waals surface area contributed by atoms with Crippen molar-refractivity contribution in [2.24, 2.45) is 10.2 Å². The van der Waals surface area contributed by atoms with Gasteiger partial charge in [-0.1, -0.05) is 6.07 Å². The first-order valence-corrected chi connectivity index (χ1v) is 5.99. The van der Waals surface area contributed by atoms with Crippen molar-refractivity contribution in [1.29, 1.82) is 0 Å². The van der Waals surface area contributed by atoms with Crippen LogP contribution in [0.4, 0.5) is 15.8 Å². The summed E-state index contributed by atoms with van der Waals surface area (Å²) in [5.74, 6) is 0.413. The molecule has 100 valence electrons. The van der Waals surface area contributed by atoms with Crippen LogP contribution in [0.1, 0.15) is 5.76 Å². The summed E-state index contributed by atoms with van der Waals surface area (Å²) in [5, 5.41) is 14.9. The van der Waals surface area contributed by atoms with E-state index in [1.54, 1.807) is 24.6 Å². The summed E-state index contributed by atoms with van der Waals surface area (Å²) in [6.07, 6.45) is 3.16. The zero-order valence-corrected chi connectivity index (χ0v) is 10.7. The van der Waals surface area contributed by atoms with Crippen LogP contribution in [-0.2, 0) is 0 Å². The van der Waals surface area contributed by atoms with Crippen LogP contribution in [0.3, 0.4) is 0 Å². The number of azo groups is 1. The number of benzene rings is 1. The molecule has 0 fully saturated rings. The van der Waals surface area contributed by atoms with Crippen LogP contribution >= 0.6 is 0 Å². The Kier molecular flexibility index (Phi) is 3.12. The van der Waals surface area contributed by atoms with Gasteiger partial charge in [-0.15, -0.1) is 5.11 Å². The lowest BCUT2D eigenvalue weighted by Gasteiger charge is -1.96. The highest BCUT2D eigenvalue weighted by atomic mass is 19.1. The Hall–Kier alpha value is -2.76. The number of nitrogens with one attached hydrogen (secondary N) is 1. The molecular formula is C14H11FN4O. The molecule has 0 amide bonds. The molecular weight excluding hydrogens is 259 g/mol. The molecule has 0 bridgehead atoms. The van der Waals surface area contributed by atoms with Crippen molar-refractivity contribution in [1.82, 2.24) is 10.2 Å². The monoisotopic (exact) mass is 270 g/mol. The maximum absolute atomic E-state index is 13.1. The van der Waals surface area contributed by atoms with Gasteiger partial charge >= 0.3 is 0 Å². The quantitative estimate of drug-likeness (QED) is 0.710. The molecule has 0 aliphatic heterocycles. The SMILES string of the molecule is Cc1occc1-c1[nH]ncc1N=Nc1cccc(F)c1. The predicted molar refractivity (Wildman–Crippen MR) is 71.6 cm³/mol. The van der Waals surface area contributed by atoms with Crippen LogP contribution < -0.4 is 0 Å². The summed E-state index contributed by atoms with van der Waals surface area (Å²) in [6.45, 7) is 1.85. The smallest absolute Gasteiger partial charge is 0.131 e. The number of aromatic nitrogens is 2. The van der Waals surface area contributed by atoms with Gasteiger partial charge in [-0.3, -0.25) is 5.10 Å². The molecule has 0 saturated heterocycles. The minimum absolute atomic E-state index is 0.348. The first-order chi connectivity index (χ1) is 9.74. The summed E-state index contributed by atoms with van der Waals surface area (Å²) in [6, 6.07) is 7.75. The molecule has 2 aromatic heterocycles. The third kappa shape index (κ3) is 2.35. The average Bonchev–Trinajstić information content (AvgIpc) is 3.04.